The number of nitrogens with zero attached hydrogens (tertiary/aromatic N) is 1. The average Bonchev–Trinajstić information content (AvgIpc) is 3.44. The molecule has 0 unspecified atom stereocenters. The molecule has 0 radical (unpaired) electrons. The largest absolute Gasteiger partial charge is 0.496 e. The number of carbonyl (C=O) groups is 1. The summed E-state index contributed by atoms with van der Waals surface area (Å²) < 4.78 is 25.2. The first-order valence-electron chi connectivity index (χ1n) is 24.0. The van der Waals surface area contributed by atoms with Crippen molar-refractivity contribution in [1.82, 2.24) is 5.32 Å². The number of methoxy groups -OCH3 is 1. The van der Waals surface area contributed by atoms with Gasteiger partial charge in [0.2, 0.25) is 0 Å². The van der Waals surface area contributed by atoms with Crippen molar-refractivity contribution in [2.75, 3.05) is 38.3 Å². The third kappa shape index (κ3) is 10.7. The second kappa shape index (κ2) is 22.9. The van der Waals surface area contributed by atoms with Crippen molar-refractivity contribution in [2.45, 2.75) is 6.54 Å². The predicted molar refractivity (Wildman–Crippen MR) is 303 cm³/mol. The zero-order chi connectivity index (χ0) is 49.2. The molecule has 0 bridgehead atoms. The highest BCUT2D eigenvalue weighted by molar-refractivity contribution is 7.80. The Morgan fingerprint density at radius 2 is 1.00 bits per heavy atom. The van der Waals surface area contributed by atoms with Gasteiger partial charge in [-0.2, -0.15) is 0 Å². The fraction of sp³-hybridized carbons (Fsp3) is 0.0952. The number of hydrogen-bond acceptors (Lipinski definition) is 4. The number of nitrogens with one attached hydrogen (secondary N) is 1. The lowest BCUT2D eigenvalue weighted by Gasteiger charge is -2.29. The number of ether oxygens (including phenoxy) is 2. The van der Waals surface area contributed by atoms with Crippen LogP contribution in [0.2, 0.25) is 5.02 Å². The molecule has 1 amide bonds. The summed E-state index contributed by atoms with van der Waals surface area (Å²) in [4.78, 5) is 14.5. The van der Waals surface area contributed by atoms with Crippen molar-refractivity contribution < 1.29 is 18.7 Å². The summed E-state index contributed by atoms with van der Waals surface area (Å²) in [5, 5.41) is 16.7. The van der Waals surface area contributed by atoms with Crippen LogP contribution in [-0.2, 0) is 11.3 Å². The van der Waals surface area contributed by atoms with E-state index >= 15 is 0 Å². The molecule has 0 aromatic heterocycles. The molecule has 9 heteroatoms. The van der Waals surface area contributed by atoms with Gasteiger partial charge in [0.1, 0.15) is 17.1 Å². The number of benzene rings is 10. The van der Waals surface area contributed by atoms with Gasteiger partial charge >= 0.3 is 0 Å². The minimum Gasteiger partial charge on any atom is -0.496 e. The van der Waals surface area contributed by atoms with Crippen LogP contribution in [0.1, 0.15) is 15.9 Å². The molecule has 11 rings (SSSR count). The Morgan fingerprint density at radius 1 is 0.569 bits per heavy atom. The van der Waals surface area contributed by atoms with Gasteiger partial charge in [-0.15, -0.1) is 0 Å². The van der Waals surface area contributed by atoms with Crippen LogP contribution in [0.25, 0.3) is 32.7 Å². The molecule has 1 heterocycles. The standard InChI is InChI=1S/C44H32P2.C19H20ClFN2O3/c1-5-19-35(20-6-1)45(36-21-7-2-8-22-36)41-31-29-33-17-13-15-27-39(33)43(41)44-40-28-16-14-18-34(40)30-32-42(44)46(37-23-9-3-10-24-37)38-25-11-4-12-26-38;1-25-17-11-15(23-6-8-26-9-7-23)10-16(21)18(17)19(24)22-12-13-2-4-14(20)5-3-13/h1-32H;2-5,10-11H,6-9,12H2,1H3,(H,22,24). The Balaban J connectivity index is 0.000000195. The van der Waals surface area contributed by atoms with Crippen molar-refractivity contribution in [1.29, 1.82) is 0 Å². The zero-order valence-corrected chi connectivity index (χ0v) is 42.3. The summed E-state index contributed by atoms with van der Waals surface area (Å²) in [6, 6.07) is 82.0. The van der Waals surface area contributed by atoms with Gasteiger partial charge in [0.25, 0.3) is 5.91 Å². The minimum atomic E-state index is -0.852. The van der Waals surface area contributed by atoms with E-state index in [1.165, 1.54) is 77.7 Å². The highest BCUT2D eigenvalue weighted by atomic mass is 35.5. The van der Waals surface area contributed by atoms with Crippen LogP contribution in [0.4, 0.5) is 10.1 Å². The van der Waals surface area contributed by atoms with Gasteiger partial charge in [-0.25, -0.2) is 4.39 Å². The van der Waals surface area contributed by atoms with Gasteiger partial charge < -0.3 is 19.7 Å². The first-order chi connectivity index (χ1) is 35.4. The molecule has 10 aromatic rings. The molecule has 0 spiro atoms. The normalized spacial score (nSPS) is 12.4. The maximum atomic E-state index is 14.7. The maximum Gasteiger partial charge on any atom is 0.258 e. The molecule has 1 aliphatic heterocycles. The van der Waals surface area contributed by atoms with Crippen LogP contribution in [-0.4, -0.2) is 39.3 Å². The van der Waals surface area contributed by atoms with Crippen LogP contribution in [0.3, 0.4) is 0 Å². The van der Waals surface area contributed by atoms with Crippen LogP contribution in [0.15, 0.2) is 231 Å². The molecule has 5 nitrogen and oxygen atoms in total. The third-order valence-corrected chi connectivity index (χ3v) is 18.1. The SMILES string of the molecule is COc1cc(N2CCOCC2)cc(F)c1C(=O)NCc1ccc(Cl)cc1.c1ccc(P(c2ccccc2)c2ccc3ccccc3c2-c2c(P(c3ccccc3)c3ccccc3)ccc3ccccc23)cc1. The van der Waals surface area contributed by atoms with Gasteiger partial charge in [0.15, 0.2) is 0 Å². The summed E-state index contributed by atoms with van der Waals surface area (Å²) in [6.45, 7) is 2.79. The van der Waals surface area contributed by atoms with E-state index in [9.17, 15) is 9.18 Å². The van der Waals surface area contributed by atoms with E-state index in [0.29, 0.717) is 37.0 Å². The molecule has 1 fully saturated rings. The Hall–Kier alpha value is -7.17. The average molecular weight is 1000 g/mol. The van der Waals surface area contributed by atoms with Crippen molar-refractivity contribution in [3.8, 4) is 16.9 Å². The highest BCUT2D eigenvalue weighted by Crippen LogP contribution is 2.45. The smallest absolute Gasteiger partial charge is 0.258 e. The van der Waals surface area contributed by atoms with Crippen molar-refractivity contribution >= 4 is 92.4 Å². The number of amides is 1. The monoisotopic (exact) mass is 1000 g/mol. The van der Waals surface area contributed by atoms with E-state index in [1.807, 2.05) is 4.90 Å². The number of halogens is 2. The first-order valence-corrected chi connectivity index (χ1v) is 27.1. The Labute approximate surface area is 428 Å². The predicted octanol–water partition coefficient (Wildman–Crippen LogP) is 12.4. The molecule has 0 saturated carbocycles. The topological polar surface area (TPSA) is 50.8 Å². The van der Waals surface area contributed by atoms with E-state index in [4.69, 9.17) is 21.1 Å². The van der Waals surface area contributed by atoms with Crippen LogP contribution >= 0.6 is 27.4 Å². The summed E-state index contributed by atoms with van der Waals surface area (Å²) >= 11 is 5.84. The first kappa shape index (κ1) is 48.5. The molecule has 356 valence electrons. The lowest BCUT2D eigenvalue weighted by Crippen LogP contribution is -2.36. The summed E-state index contributed by atoms with van der Waals surface area (Å²) in [5.74, 6) is -0.928. The minimum absolute atomic E-state index is 0.0986. The Kier molecular flexibility index (Phi) is 15.4. The van der Waals surface area contributed by atoms with Crippen LogP contribution in [0, 0.1) is 5.82 Å². The lowest BCUT2D eigenvalue weighted by molar-refractivity contribution is 0.0943. The van der Waals surface area contributed by atoms with Gasteiger partial charge in [0, 0.05) is 36.4 Å². The van der Waals surface area contributed by atoms with Gasteiger partial charge in [-0.05, 0) is 104 Å². The lowest BCUT2D eigenvalue weighted by atomic mass is 9.93. The second-order valence-corrected chi connectivity index (χ2v) is 22.1. The fourth-order valence-electron chi connectivity index (χ4n) is 9.41. The van der Waals surface area contributed by atoms with E-state index in [2.05, 4.69) is 199 Å². The number of hydrogen-bond donors (Lipinski definition) is 1. The maximum absolute atomic E-state index is 14.7. The molecule has 0 aliphatic carbocycles. The van der Waals surface area contributed by atoms with Crippen molar-refractivity contribution in [2.24, 2.45) is 0 Å². The van der Waals surface area contributed by atoms with Crippen LogP contribution < -0.4 is 46.8 Å². The third-order valence-electron chi connectivity index (χ3n) is 12.8. The molecule has 72 heavy (non-hydrogen) atoms. The van der Waals surface area contributed by atoms with Gasteiger partial charge in [-0.3, -0.25) is 4.79 Å². The zero-order valence-electron chi connectivity index (χ0n) is 39.8. The van der Waals surface area contributed by atoms with Gasteiger partial charge in [0.05, 0.1) is 20.3 Å². The summed E-state index contributed by atoms with van der Waals surface area (Å²) in [6.07, 6.45) is 0. The quantitative estimate of drug-likeness (QED) is 0.124. The van der Waals surface area contributed by atoms with Crippen LogP contribution in [0.5, 0.6) is 5.75 Å². The van der Waals surface area contributed by atoms with E-state index in [-0.39, 0.29) is 17.9 Å². The molecule has 10 aromatic carbocycles. The fourth-order valence-corrected chi connectivity index (χ4v) is 14.5. The highest BCUT2D eigenvalue weighted by Gasteiger charge is 2.28. The number of carbonyl (C=O) groups excluding carboxylic acids is 1. The molecular weight excluding hydrogens is 949 g/mol. The molecular formula is C63H52ClFN2O3P2. The van der Waals surface area contributed by atoms with Gasteiger partial charge in [-0.1, -0.05) is 218 Å². The summed E-state index contributed by atoms with van der Waals surface area (Å²) in [5.41, 5.74) is 4.15. The second-order valence-electron chi connectivity index (χ2n) is 17.3. The molecule has 0 atom stereocenters. The summed E-state index contributed by atoms with van der Waals surface area (Å²) in [7, 11) is -0.279. The Bertz CT molecular complexity index is 3190. The number of morpholine rings is 1. The molecule has 1 aliphatic rings. The molecule has 1 saturated heterocycles. The van der Waals surface area contributed by atoms with Crippen molar-refractivity contribution in [3.05, 3.63) is 252 Å². The Morgan fingerprint density at radius 3 is 1.44 bits per heavy atom. The number of fused-ring (bicyclic) bond motifs is 2. The number of rotatable bonds is 12. The van der Waals surface area contributed by atoms with E-state index in [1.54, 1.807) is 30.3 Å². The number of anilines is 1. The molecule has 1 N–H and O–H groups in total. The van der Waals surface area contributed by atoms with E-state index in [0.717, 1.165) is 5.56 Å². The van der Waals surface area contributed by atoms with E-state index < -0.39 is 27.6 Å². The van der Waals surface area contributed by atoms with Crippen molar-refractivity contribution in [3.63, 3.8) is 0 Å².